The molecule has 0 saturated carbocycles. The molecule has 1 aliphatic heterocycles. The number of carboxylic acids is 1. The molecule has 0 amide bonds. The van der Waals surface area contributed by atoms with E-state index < -0.39 is 12.1 Å². The summed E-state index contributed by atoms with van der Waals surface area (Å²) in [5, 5.41) is 10.4. The van der Waals surface area contributed by atoms with Gasteiger partial charge in [0, 0.05) is 33.2 Å². The lowest BCUT2D eigenvalue weighted by Crippen LogP contribution is -2.44. The van der Waals surface area contributed by atoms with Crippen LogP contribution in [-0.2, 0) is 18.4 Å². The van der Waals surface area contributed by atoms with Crippen LogP contribution in [-0.4, -0.2) is 62.5 Å². The highest BCUT2D eigenvalue weighted by molar-refractivity contribution is 5.85. The molecule has 1 saturated heterocycles. The lowest BCUT2D eigenvalue weighted by atomic mass is 10.3. The van der Waals surface area contributed by atoms with Gasteiger partial charge in [0.1, 0.15) is 5.52 Å². The number of piperazine rings is 1. The summed E-state index contributed by atoms with van der Waals surface area (Å²) in [6.07, 6.45) is -5.08. The van der Waals surface area contributed by atoms with E-state index >= 15 is 0 Å². The predicted octanol–water partition coefficient (Wildman–Crippen LogP) is -0.222. The number of fused-ring (bicyclic) bond motifs is 1. The molecule has 0 spiro atoms. The number of hydrogen-bond acceptors (Lipinski definition) is 7. The molecule has 158 valence electrons. The lowest BCUT2D eigenvalue weighted by molar-refractivity contribution is -0.192. The molecule has 29 heavy (non-hydrogen) atoms. The summed E-state index contributed by atoms with van der Waals surface area (Å²) < 4.78 is 34.8. The number of aliphatic carboxylic acids is 1. The van der Waals surface area contributed by atoms with Crippen molar-refractivity contribution >= 4 is 28.9 Å². The number of imidazole rings is 1. The summed E-state index contributed by atoms with van der Waals surface area (Å²) in [5.74, 6) is 3.88. The number of anilines is 2. The zero-order chi connectivity index (χ0) is 21.8. The van der Waals surface area contributed by atoms with Crippen LogP contribution >= 0.6 is 0 Å². The van der Waals surface area contributed by atoms with Crippen LogP contribution in [0.15, 0.2) is 4.79 Å². The zero-order valence-electron chi connectivity index (χ0n) is 15.7. The number of carboxylic acid groups (broad SMARTS) is 1. The Bertz CT molecular complexity index is 1010. The third kappa shape index (κ3) is 4.96. The molecule has 10 nitrogen and oxygen atoms in total. The van der Waals surface area contributed by atoms with Gasteiger partial charge in [0.15, 0.2) is 11.5 Å². The van der Waals surface area contributed by atoms with Crippen molar-refractivity contribution in [1.82, 2.24) is 24.4 Å². The number of alkyl halides is 3. The van der Waals surface area contributed by atoms with Gasteiger partial charge in [-0.15, -0.1) is 5.92 Å². The highest BCUT2D eigenvalue weighted by Crippen LogP contribution is 2.24. The van der Waals surface area contributed by atoms with E-state index in [4.69, 9.17) is 15.6 Å². The quantitative estimate of drug-likeness (QED) is 0.574. The fourth-order valence-corrected chi connectivity index (χ4v) is 2.69. The molecular weight excluding hydrogens is 395 g/mol. The van der Waals surface area contributed by atoms with Crippen molar-refractivity contribution in [2.45, 2.75) is 19.6 Å². The van der Waals surface area contributed by atoms with Crippen molar-refractivity contribution < 1.29 is 23.1 Å². The van der Waals surface area contributed by atoms with Gasteiger partial charge in [-0.05, 0) is 6.92 Å². The van der Waals surface area contributed by atoms with Gasteiger partial charge in [-0.25, -0.2) is 9.59 Å². The highest BCUT2D eigenvalue weighted by atomic mass is 19.4. The first-order valence-corrected chi connectivity index (χ1v) is 8.46. The Morgan fingerprint density at radius 3 is 2.41 bits per heavy atom. The van der Waals surface area contributed by atoms with Crippen molar-refractivity contribution in [2.24, 2.45) is 7.05 Å². The Kier molecular flexibility index (Phi) is 6.70. The fourth-order valence-electron chi connectivity index (χ4n) is 2.69. The second-order valence-electron chi connectivity index (χ2n) is 5.97. The Labute approximate surface area is 163 Å². The Balaban J connectivity index is 0.000000370. The minimum Gasteiger partial charge on any atom is -0.475 e. The van der Waals surface area contributed by atoms with E-state index in [1.54, 1.807) is 18.5 Å². The molecule has 0 unspecified atom stereocenters. The standard InChI is InChI=1S/C14H19N7O.C2HF3O2/c1-3-4-7-21-10-11(19(2)14(21)22)17-13(15)18-12(10)20-8-5-16-6-9-20;3-2(4,5)1(6)7/h16H,5-9H2,1-2H3,(H2,15,17,18);(H,6,7). The van der Waals surface area contributed by atoms with Gasteiger partial charge in [-0.1, -0.05) is 5.92 Å². The molecule has 0 bridgehead atoms. The van der Waals surface area contributed by atoms with E-state index in [1.807, 2.05) is 0 Å². The third-order valence-electron chi connectivity index (χ3n) is 4.04. The van der Waals surface area contributed by atoms with Crippen molar-refractivity contribution in [3.8, 4) is 11.8 Å². The Morgan fingerprint density at radius 1 is 1.31 bits per heavy atom. The minimum absolute atomic E-state index is 0.158. The number of halogens is 3. The van der Waals surface area contributed by atoms with Crippen molar-refractivity contribution in [2.75, 3.05) is 36.8 Å². The van der Waals surface area contributed by atoms with Crippen LogP contribution in [0.25, 0.3) is 11.2 Å². The van der Waals surface area contributed by atoms with Crippen molar-refractivity contribution in [3.05, 3.63) is 10.5 Å². The number of aryl methyl sites for hydroxylation is 1. The van der Waals surface area contributed by atoms with Gasteiger partial charge in [-0.2, -0.15) is 23.1 Å². The molecule has 2 aromatic heterocycles. The van der Waals surface area contributed by atoms with Crippen molar-refractivity contribution in [3.63, 3.8) is 0 Å². The first-order valence-electron chi connectivity index (χ1n) is 8.46. The normalized spacial score (nSPS) is 14.0. The average molecular weight is 415 g/mol. The van der Waals surface area contributed by atoms with Gasteiger partial charge in [0.25, 0.3) is 0 Å². The monoisotopic (exact) mass is 415 g/mol. The van der Waals surface area contributed by atoms with Gasteiger partial charge < -0.3 is 21.1 Å². The number of hydrogen-bond donors (Lipinski definition) is 3. The molecule has 0 aliphatic carbocycles. The number of nitrogen functional groups attached to an aromatic ring is 1. The SMILES string of the molecule is CC#CCn1c(=O)n(C)c2nc(N)nc(N3CCNCC3)c21.O=C(O)C(F)(F)F. The number of rotatable bonds is 2. The summed E-state index contributed by atoms with van der Waals surface area (Å²) in [7, 11) is 1.69. The number of nitrogens with two attached hydrogens (primary N) is 1. The maximum absolute atomic E-state index is 12.5. The number of carbonyl (C=O) groups is 1. The third-order valence-corrected chi connectivity index (χ3v) is 4.04. The first kappa shape index (κ1) is 22.0. The maximum Gasteiger partial charge on any atom is 0.490 e. The summed E-state index contributed by atoms with van der Waals surface area (Å²) in [6.45, 7) is 5.44. The van der Waals surface area contributed by atoms with Crippen LogP contribution < -0.4 is 21.6 Å². The minimum atomic E-state index is -5.08. The summed E-state index contributed by atoms with van der Waals surface area (Å²) in [4.78, 5) is 32.1. The molecule has 1 fully saturated rings. The van der Waals surface area contributed by atoms with Gasteiger partial charge >= 0.3 is 17.8 Å². The van der Waals surface area contributed by atoms with E-state index in [0.717, 1.165) is 26.2 Å². The van der Waals surface area contributed by atoms with Gasteiger partial charge in [0.2, 0.25) is 5.95 Å². The topological polar surface area (TPSA) is 131 Å². The summed E-state index contributed by atoms with van der Waals surface area (Å²) >= 11 is 0. The van der Waals surface area contributed by atoms with Crippen LogP contribution in [0.4, 0.5) is 24.9 Å². The molecule has 3 heterocycles. The molecule has 4 N–H and O–H groups in total. The van der Waals surface area contributed by atoms with Crippen molar-refractivity contribution in [1.29, 1.82) is 0 Å². The van der Waals surface area contributed by atoms with E-state index in [2.05, 4.69) is 32.0 Å². The Hall–Kier alpha value is -3.27. The molecule has 3 rings (SSSR count). The van der Waals surface area contributed by atoms with Crippen LogP contribution in [0.3, 0.4) is 0 Å². The highest BCUT2D eigenvalue weighted by Gasteiger charge is 2.38. The molecule has 0 atom stereocenters. The van der Waals surface area contributed by atoms with Crippen LogP contribution in [0.5, 0.6) is 0 Å². The molecule has 0 aromatic carbocycles. The van der Waals surface area contributed by atoms with E-state index in [1.165, 1.54) is 4.57 Å². The zero-order valence-corrected chi connectivity index (χ0v) is 15.7. The second-order valence-corrected chi connectivity index (χ2v) is 5.97. The molecular formula is C16H20F3N7O3. The number of nitrogens with zero attached hydrogens (tertiary/aromatic N) is 5. The van der Waals surface area contributed by atoms with Crippen LogP contribution in [0.2, 0.25) is 0 Å². The van der Waals surface area contributed by atoms with Crippen LogP contribution in [0.1, 0.15) is 6.92 Å². The van der Waals surface area contributed by atoms with Crippen LogP contribution in [0, 0.1) is 11.8 Å². The van der Waals surface area contributed by atoms with E-state index in [0.29, 0.717) is 23.5 Å². The Morgan fingerprint density at radius 2 is 1.90 bits per heavy atom. The fraction of sp³-hybridized carbons (Fsp3) is 0.500. The number of nitrogens with one attached hydrogen (secondary N) is 1. The molecule has 13 heteroatoms. The van der Waals surface area contributed by atoms with Gasteiger partial charge in [0.05, 0.1) is 6.54 Å². The number of aromatic nitrogens is 4. The first-order chi connectivity index (χ1) is 13.6. The maximum atomic E-state index is 12.5. The molecule has 2 aromatic rings. The summed E-state index contributed by atoms with van der Waals surface area (Å²) in [5.41, 5.74) is 6.93. The predicted molar refractivity (Wildman–Crippen MR) is 99.4 cm³/mol. The van der Waals surface area contributed by atoms with Gasteiger partial charge in [-0.3, -0.25) is 9.13 Å². The molecule has 1 aliphatic rings. The lowest BCUT2D eigenvalue weighted by Gasteiger charge is -2.29. The second kappa shape index (κ2) is 8.82. The molecule has 0 radical (unpaired) electrons. The average Bonchev–Trinajstić information content (AvgIpc) is 2.90. The smallest absolute Gasteiger partial charge is 0.475 e. The van der Waals surface area contributed by atoms with E-state index in [9.17, 15) is 18.0 Å². The summed E-state index contributed by atoms with van der Waals surface area (Å²) in [6, 6.07) is 0. The van der Waals surface area contributed by atoms with E-state index in [-0.39, 0.29) is 11.6 Å². The largest absolute Gasteiger partial charge is 0.490 e.